The largest absolute Gasteiger partial charge is 0.433 e. The summed E-state index contributed by atoms with van der Waals surface area (Å²) in [5.74, 6) is -0.964. The first-order valence-corrected chi connectivity index (χ1v) is 8.97. The van der Waals surface area contributed by atoms with Crippen LogP contribution in [0.2, 0.25) is 0 Å². The third-order valence-electron chi connectivity index (χ3n) is 4.59. The van der Waals surface area contributed by atoms with Crippen molar-refractivity contribution >= 4 is 17.8 Å². The molecule has 0 unspecified atom stereocenters. The summed E-state index contributed by atoms with van der Waals surface area (Å²) in [7, 11) is 0. The van der Waals surface area contributed by atoms with Gasteiger partial charge in [0, 0.05) is 12.1 Å². The number of hydrogen-bond acceptors (Lipinski definition) is 4. The average Bonchev–Trinajstić information content (AvgIpc) is 3.17. The number of carbonyl (C=O) groups is 2. The molecule has 1 saturated heterocycles. The standard InChI is InChI=1S/C19H18F4N4O3/c20-14-8-9-26(11-14)18(29)27(16-3-1-2-15(24-16)19(21,22)23)10-12-4-6-13(7-5-12)17(28)25-30/h1-7,14,30H,8-11H2,(H,25,28)/t14-/m0/s1. The third kappa shape index (κ3) is 4.85. The molecular formula is C19H18F4N4O3. The van der Waals surface area contributed by atoms with Crippen molar-refractivity contribution in [2.24, 2.45) is 0 Å². The number of rotatable bonds is 4. The average molecular weight is 426 g/mol. The molecule has 2 heterocycles. The van der Waals surface area contributed by atoms with Crippen molar-refractivity contribution in [2.75, 3.05) is 18.0 Å². The maximum absolute atomic E-state index is 13.6. The van der Waals surface area contributed by atoms with E-state index in [0.29, 0.717) is 5.56 Å². The fraction of sp³-hybridized carbons (Fsp3) is 0.316. The van der Waals surface area contributed by atoms with Gasteiger partial charge in [-0.15, -0.1) is 0 Å². The number of likely N-dealkylation sites (tertiary alicyclic amines) is 1. The summed E-state index contributed by atoms with van der Waals surface area (Å²) in [5.41, 5.74) is 0.973. The number of hydrogen-bond donors (Lipinski definition) is 2. The molecule has 160 valence electrons. The molecule has 1 aromatic carbocycles. The first-order valence-electron chi connectivity index (χ1n) is 8.97. The number of amides is 3. The van der Waals surface area contributed by atoms with Crippen LogP contribution in [0, 0.1) is 0 Å². The van der Waals surface area contributed by atoms with Crippen molar-refractivity contribution in [3.05, 3.63) is 59.3 Å². The van der Waals surface area contributed by atoms with Crippen LogP contribution in [0.4, 0.5) is 28.2 Å². The Balaban J connectivity index is 1.92. The fourth-order valence-corrected chi connectivity index (χ4v) is 3.05. The van der Waals surface area contributed by atoms with E-state index in [2.05, 4.69) is 4.98 Å². The molecule has 2 aromatic rings. The van der Waals surface area contributed by atoms with Gasteiger partial charge in [-0.1, -0.05) is 18.2 Å². The summed E-state index contributed by atoms with van der Waals surface area (Å²) in [6, 6.07) is 8.28. The Morgan fingerprint density at radius 3 is 2.47 bits per heavy atom. The summed E-state index contributed by atoms with van der Waals surface area (Å²) in [6.45, 7) is -0.156. The molecule has 2 N–H and O–H groups in total. The van der Waals surface area contributed by atoms with E-state index in [1.54, 1.807) is 0 Å². The second kappa shape index (κ2) is 8.66. The molecule has 3 amide bonds. The number of benzene rings is 1. The molecule has 0 spiro atoms. The molecule has 1 atom stereocenters. The number of pyridine rings is 1. The second-order valence-corrected chi connectivity index (χ2v) is 6.72. The highest BCUT2D eigenvalue weighted by molar-refractivity contribution is 5.93. The van der Waals surface area contributed by atoms with Crippen molar-refractivity contribution in [1.29, 1.82) is 0 Å². The second-order valence-electron chi connectivity index (χ2n) is 6.72. The Bertz CT molecular complexity index is 921. The first kappa shape index (κ1) is 21.5. The molecule has 0 saturated carbocycles. The minimum absolute atomic E-state index is 0.144. The minimum atomic E-state index is -4.69. The fourth-order valence-electron chi connectivity index (χ4n) is 3.05. The van der Waals surface area contributed by atoms with E-state index in [0.717, 1.165) is 17.0 Å². The molecule has 1 aliphatic rings. The molecule has 0 radical (unpaired) electrons. The highest BCUT2D eigenvalue weighted by Crippen LogP contribution is 2.30. The first-order chi connectivity index (χ1) is 14.2. The highest BCUT2D eigenvalue weighted by atomic mass is 19.4. The van der Waals surface area contributed by atoms with Crippen LogP contribution >= 0.6 is 0 Å². The molecule has 1 aromatic heterocycles. The lowest BCUT2D eigenvalue weighted by Gasteiger charge is -2.27. The van der Waals surface area contributed by atoms with Crippen molar-refractivity contribution in [3.63, 3.8) is 0 Å². The Hall–Kier alpha value is -3.21. The lowest BCUT2D eigenvalue weighted by Crippen LogP contribution is -2.42. The van der Waals surface area contributed by atoms with Gasteiger partial charge in [0.2, 0.25) is 0 Å². The SMILES string of the molecule is O=C(NO)c1ccc(CN(C(=O)N2CC[C@H](F)C2)c2cccc(C(F)(F)F)n2)cc1. The van der Waals surface area contributed by atoms with Crippen molar-refractivity contribution in [2.45, 2.75) is 25.3 Å². The molecule has 3 rings (SSSR count). The molecular weight excluding hydrogens is 408 g/mol. The van der Waals surface area contributed by atoms with Crippen molar-refractivity contribution in [3.8, 4) is 0 Å². The predicted octanol–water partition coefficient (Wildman–Crippen LogP) is 3.39. The number of nitrogens with zero attached hydrogens (tertiary/aromatic N) is 3. The summed E-state index contributed by atoms with van der Waals surface area (Å²) in [5, 5.41) is 8.67. The van der Waals surface area contributed by atoms with Gasteiger partial charge in [0.1, 0.15) is 17.7 Å². The lowest BCUT2D eigenvalue weighted by molar-refractivity contribution is -0.141. The molecule has 0 aliphatic carbocycles. The number of urea groups is 1. The van der Waals surface area contributed by atoms with Gasteiger partial charge in [-0.2, -0.15) is 13.2 Å². The van der Waals surface area contributed by atoms with E-state index < -0.39 is 30.0 Å². The number of halogens is 4. The van der Waals surface area contributed by atoms with E-state index in [4.69, 9.17) is 5.21 Å². The van der Waals surface area contributed by atoms with Gasteiger partial charge < -0.3 is 4.90 Å². The van der Waals surface area contributed by atoms with Crippen LogP contribution in [0.25, 0.3) is 0 Å². The lowest BCUT2D eigenvalue weighted by atomic mass is 10.1. The predicted molar refractivity (Wildman–Crippen MR) is 97.6 cm³/mol. The van der Waals surface area contributed by atoms with Crippen LogP contribution < -0.4 is 10.4 Å². The Morgan fingerprint density at radius 1 is 1.20 bits per heavy atom. The number of carbonyl (C=O) groups excluding carboxylic acids is 2. The van der Waals surface area contributed by atoms with Gasteiger partial charge in [-0.25, -0.2) is 19.6 Å². The van der Waals surface area contributed by atoms with Crippen LogP contribution in [-0.2, 0) is 12.7 Å². The Labute approximate surface area is 168 Å². The van der Waals surface area contributed by atoms with E-state index >= 15 is 0 Å². The van der Waals surface area contributed by atoms with Crippen LogP contribution in [0.5, 0.6) is 0 Å². The normalized spacial score (nSPS) is 16.4. The molecule has 30 heavy (non-hydrogen) atoms. The third-order valence-corrected chi connectivity index (χ3v) is 4.59. The van der Waals surface area contributed by atoms with Crippen LogP contribution in [0.15, 0.2) is 42.5 Å². The van der Waals surface area contributed by atoms with Gasteiger partial charge in [-0.3, -0.25) is 14.9 Å². The van der Waals surface area contributed by atoms with Crippen molar-refractivity contribution in [1.82, 2.24) is 15.4 Å². The van der Waals surface area contributed by atoms with Crippen LogP contribution in [0.1, 0.15) is 28.0 Å². The van der Waals surface area contributed by atoms with Gasteiger partial charge in [0.05, 0.1) is 13.1 Å². The van der Waals surface area contributed by atoms with Gasteiger partial charge in [-0.05, 0) is 36.2 Å². The Kier molecular flexibility index (Phi) is 6.20. The summed E-state index contributed by atoms with van der Waals surface area (Å²) in [4.78, 5) is 30.2. The zero-order valence-corrected chi connectivity index (χ0v) is 15.6. The number of aromatic nitrogens is 1. The number of hydroxylamine groups is 1. The molecule has 7 nitrogen and oxygen atoms in total. The van der Waals surface area contributed by atoms with Gasteiger partial charge >= 0.3 is 12.2 Å². The Morgan fingerprint density at radius 2 is 1.90 bits per heavy atom. The molecule has 11 heteroatoms. The van der Waals surface area contributed by atoms with Crippen molar-refractivity contribution < 1.29 is 32.4 Å². The molecule has 1 fully saturated rings. The number of nitrogens with one attached hydrogen (secondary N) is 1. The maximum Gasteiger partial charge on any atom is 0.433 e. The van der Waals surface area contributed by atoms with Crippen LogP contribution in [-0.4, -0.2) is 46.3 Å². The monoisotopic (exact) mass is 426 g/mol. The quantitative estimate of drug-likeness (QED) is 0.446. The summed E-state index contributed by atoms with van der Waals surface area (Å²) < 4.78 is 52.8. The van der Waals surface area contributed by atoms with E-state index in [-0.39, 0.29) is 37.4 Å². The summed E-state index contributed by atoms with van der Waals surface area (Å²) >= 11 is 0. The van der Waals surface area contributed by atoms with E-state index in [1.807, 2.05) is 0 Å². The molecule has 1 aliphatic heterocycles. The number of alkyl halides is 4. The van der Waals surface area contributed by atoms with Crippen LogP contribution in [0.3, 0.4) is 0 Å². The smallest absolute Gasteiger partial charge is 0.321 e. The van der Waals surface area contributed by atoms with E-state index in [1.165, 1.54) is 40.7 Å². The topological polar surface area (TPSA) is 85.8 Å². The zero-order chi connectivity index (χ0) is 21.9. The van der Waals surface area contributed by atoms with Gasteiger partial charge in [0.25, 0.3) is 5.91 Å². The van der Waals surface area contributed by atoms with E-state index in [9.17, 15) is 27.2 Å². The summed E-state index contributed by atoms with van der Waals surface area (Å²) in [6.07, 6.45) is -5.73. The minimum Gasteiger partial charge on any atom is -0.321 e. The molecule has 0 bridgehead atoms. The zero-order valence-electron chi connectivity index (χ0n) is 15.6. The number of anilines is 1. The van der Waals surface area contributed by atoms with Gasteiger partial charge in [0.15, 0.2) is 0 Å². The maximum atomic E-state index is 13.6. The highest BCUT2D eigenvalue weighted by Gasteiger charge is 2.35.